The van der Waals surface area contributed by atoms with Crippen molar-refractivity contribution in [2.45, 2.75) is 17.7 Å². The van der Waals surface area contributed by atoms with Gasteiger partial charge in [0.15, 0.2) is 5.13 Å². The average Bonchev–Trinajstić information content (AvgIpc) is 3.12. The molecule has 0 saturated carbocycles. The number of carbonyl (C=O) groups excluding carboxylic acids is 1. The van der Waals surface area contributed by atoms with Gasteiger partial charge in [-0.05, 0) is 29.5 Å². The van der Waals surface area contributed by atoms with Crippen molar-refractivity contribution in [3.05, 3.63) is 64.5 Å². The molecule has 1 amide bonds. The Kier molecular flexibility index (Phi) is 4.12. The standard InChI is InChI=1S/C19H16N2OS2/c1-23-14-8-6-12(7-9-14)10-17(22)20-19-21-18-15-5-3-2-4-13(15)11-16(18)24-19/h2-9H,10-11H2,1H3,(H,20,21,22). The van der Waals surface area contributed by atoms with Crippen molar-refractivity contribution in [2.24, 2.45) is 0 Å². The molecule has 0 fully saturated rings. The van der Waals surface area contributed by atoms with Crippen molar-refractivity contribution in [1.82, 2.24) is 4.98 Å². The molecule has 1 heterocycles. The lowest BCUT2D eigenvalue weighted by molar-refractivity contribution is -0.115. The fraction of sp³-hybridized carbons (Fsp3) is 0.158. The van der Waals surface area contributed by atoms with E-state index in [4.69, 9.17) is 0 Å². The van der Waals surface area contributed by atoms with Crippen LogP contribution in [0.1, 0.15) is 16.0 Å². The minimum Gasteiger partial charge on any atom is -0.302 e. The smallest absolute Gasteiger partial charge is 0.230 e. The number of benzene rings is 2. The van der Waals surface area contributed by atoms with Gasteiger partial charge >= 0.3 is 0 Å². The Bertz CT molecular complexity index is 900. The molecule has 120 valence electrons. The Hall–Kier alpha value is -2.11. The van der Waals surface area contributed by atoms with E-state index in [1.807, 2.05) is 36.6 Å². The van der Waals surface area contributed by atoms with E-state index in [9.17, 15) is 4.79 Å². The first-order valence-corrected chi connectivity index (χ1v) is 9.78. The molecule has 5 heteroatoms. The predicted octanol–water partition coefficient (Wildman–Crippen LogP) is 4.62. The van der Waals surface area contributed by atoms with Crippen molar-refractivity contribution in [3.8, 4) is 11.3 Å². The first-order chi connectivity index (χ1) is 11.7. The summed E-state index contributed by atoms with van der Waals surface area (Å²) in [5.41, 5.74) is 4.55. The highest BCUT2D eigenvalue weighted by Crippen LogP contribution is 2.40. The maximum atomic E-state index is 12.3. The number of anilines is 1. The van der Waals surface area contributed by atoms with Crippen LogP contribution in [0.25, 0.3) is 11.3 Å². The second-order valence-electron chi connectivity index (χ2n) is 5.70. The molecule has 1 aliphatic rings. The van der Waals surface area contributed by atoms with Crippen LogP contribution < -0.4 is 5.32 Å². The largest absolute Gasteiger partial charge is 0.302 e. The molecule has 3 aromatic rings. The number of hydrogen-bond acceptors (Lipinski definition) is 4. The fourth-order valence-corrected chi connectivity index (χ4v) is 4.33. The average molecular weight is 352 g/mol. The van der Waals surface area contributed by atoms with E-state index < -0.39 is 0 Å². The summed E-state index contributed by atoms with van der Waals surface area (Å²) >= 11 is 3.27. The van der Waals surface area contributed by atoms with Crippen LogP contribution in [-0.4, -0.2) is 17.1 Å². The first-order valence-electron chi connectivity index (χ1n) is 7.73. The second-order valence-corrected chi connectivity index (χ2v) is 7.66. The number of rotatable bonds is 4. The van der Waals surface area contributed by atoms with Gasteiger partial charge in [-0.25, -0.2) is 4.98 Å². The van der Waals surface area contributed by atoms with Crippen molar-refractivity contribution in [2.75, 3.05) is 11.6 Å². The van der Waals surface area contributed by atoms with Crippen LogP contribution in [0.3, 0.4) is 0 Å². The SMILES string of the molecule is CSc1ccc(CC(=O)Nc2nc3c(s2)Cc2ccccc2-3)cc1. The molecule has 4 rings (SSSR count). The van der Waals surface area contributed by atoms with E-state index in [0.717, 1.165) is 17.7 Å². The van der Waals surface area contributed by atoms with Crippen LogP contribution in [0.2, 0.25) is 0 Å². The zero-order chi connectivity index (χ0) is 16.5. The normalized spacial score (nSPS) is 11.9. The molecule has 1 aliphatic carbocycles. The fourth-order valence-electron chi connectivity index (χ4n) is 2.91. The third-order valence-corrected chi connectivity index (χ3v) is 5.81. The molecule has 3 nitrogen and oxygen atoms in total. The van der Waals surface area contributed by atoms with Crippen LogP contribution in [0, 0.1) is 0 Å². The van der Waals surface area contributed by atoms with Crippen molar-refractivity contribution in [1.29, 1.82) is 0 Å². The molecule has 0 aliphatic heterocycles. The number of amides is 1. The summed E-state index contributed by atoms with van der Waals surface area (Å²) in [5.74, 6) is -0.0207. The summed E-state index contributed by atoms with van der Waals surface area (Å²) < 4.78 is 0. The summed E-state index contributed by atoms with van der Waals surface area (Å²) in [5, 5.41) is 3.64. The number of thioether (sulfide) groups is 1. The van der Waals surface area contributed by atoms with Crippen molar-refractivity contribution < 1.29 is 4.79 Å². The van der Waals surface area contributed by atoms with Gasteiger partial charge in [-0.1, -0.05) is 36.4 Å². The Morgan fingerprint density at radius 2 is 2.00 bits per heavy atom. The highest BCUT2D eigenvalue weighted by Gasteiger charge is 2.23. The van der Waals surface area contributed by atoms with Gasteiger partial charge in [0.1, 0.15) is 0 Å². The zero-order valence-corrected chi connectivity index (χ0v) is 14.8. The van der Waals surface area contributed by atoms with E-state index in [0.29, 0.717) is 11.6 Å². The lowest BCUT2D eigenvalue weighted by atomic mass is 10.1. The predicted molar refractivity (Wildman–Crippen MR) is 101 cm³/mol. The van der Waals surface area contributed by atoms with E-state index in [1.54, 1.807) is 23.1 Å². The third-order valence-electron chi connectivity index (χ3n) is 4.09. The quantitative estimate of drug-likeness (QED) is 0.545. The van der Waals surface area contributed by atoms with E-state index in [-0.39, 0.29) is 5.91 Å². The summed E-state index contributed by atoms with van der Waals surface area (Å²) in [7, 11) is 0. The minimum absolute atomic E-state index is 0.0207. The molecule has 0 spiro atoms. The molecule has 0 unspecified atom stereocenters. The van der Waals surface area contributed by atoms with Crippen LogP contribution in [0.5, 0.6) is 0 Å². The number of aromatic nitrogens is 1. The number of nitrogens with zero attached hydrogens (tertiary/aromatic N) is 1. The zero-order valence-electron chi connectivity index (χ0n) is 13.2. The summed E-state index contributed by atoms with van der Waals surface area (Å²) in [6.07, 6.45) is 3.33. The van der Waals surface area contributed by atoms with Crippen LogP contribution in [0.4, 0.5) is 5.13 Å². The molecular formula is C19H16N2OS2. The number of carbonyl (C=O) groups is 1. The minimum atomic E-state index is -0.0207. The first kappa shape index (κ1) is 15.4. The van der Waals surface area contributed by atoms with Crippen molar-refractivity contribution in [3.63, 3.8) is 0 Å². The number of thiazole rings is 1. The van der Waals surface area contributed by atoms with Gasteiger partial charge in [0.2, 0.25) is 5.91 Å². The van der Waals surface area contributed by atoms with Crippen LogP contribution in [-0.2, 0) is 17.6 Å². The monoisotopic (exact) mass is 352 g/mol. The number of fused-ring (bicyclic) bond motifs is 3. The summed E-state index contributed by atoms with van der Waals surface area (Å²) in [4.78, 5) is 19.3. The molecule has 1 aromatic heterocycles. The summed E-state index contributed by atoms with van der Waals surface area (Å²) in [6.45, 7) is 0. The Labute approximate surface area is 149 Å². The third kappa shape index (κ3) is 2.97. The molecule has 0 saturated heterocycles. The highest BCUT2D eigenvalue weighted by molar-refractivity contribution is 7.98. The number of hydrogen-bond donors (Lipinski definition) is 1. The molecule has 0 radical (unpaired) electrons. The van der Waals surface area contributed by atoms with Gasteiger partial charge in [0.25, 0.3) is 0 Å². The van der Waals surface area contributed by atoms with Crippen LogP contribution in [0.15, 0.2) is 53.4 Å². The molecule has 0 bridgehead atoms. The Balaban J connectivity index is 1.46. The lowest BCUT2D eigenvalue weighted by Crippen LogP contribution is -2.14. The molecular weight excluding hydrogens is 336 g/mol. The molecule has 0 atom stereocenters. The summed E-state index contributed by atoms with van der Waals surface area (Å²) in [6, 6.07) is 16.4. The maximum Gasteiger partial charge on any atom is 0.230 e. The Morgan fingerprint density at radius 1 is 1.21 bits per heavy atom. The molecule has 24 heavy (non-hydrogen) atoms. The second kappa shape index (κ2) is 6.42. The van der Waals surface area contributed by atoms with Gasteiger partial charge in [0, 0.05) is 21.8 Å². The number of nitrogens with one attached hydrogen (secondary N) is 1. The van der Waals surface area contributed by atoms with Gasteiger partial charge in [0.05, 0.1) is 12.1 Å². The maximum absolute atomic E-state index is 12.3. The highest BCUT2D eigenvalue weighted by atomic mass is 32.2. The Morgan fingerprint density at radius 3 is 2.79 bits per heavy atom. The van der Waals surface area contributed by atoms with Gasteiger partial charge < -0.3 is 5.32 Å². The van der Waals surface area contributed by atoms with E-state index in [2.05, 4.69) is 28.5 Å². The van der Waals surface area contributed by atoms with E-state index >= 15 is 0 Å². The van der Waals surface area contributed by atoms with Gasteiger partial charge in [-0.2, -0.15) is 0 Å². The lowest BCUT2D eigenvalue weighted by Gasteiger charge is -2.03. The topological polar surface area (TPSA) is 42.0 Å². The van der Waals surface area contributed by atoms with E-state index in [1.165, 1.54) is 20.9 Å². The van der Waals surface area contributed by atoms with Crippen molar-refractivity contribution >= 4 is 34.1 Å². The van der Waals surface area contributed by atoms with Gasteiger partial charge in [-0.15, -0.1) is 23.1 Å². The molecule has 1 N–H and O–H groups in total. The van der Waals surface area contributed by atoms with Crippen LogP contribution >= 0.6 is 23.1 Å². The van der Waals surface area contributed by atoms with Gasteiger partial charge in [-0.3, -0.25) is 4.79 Å². The molecule has 2 aromatic carbocycles.